The minimum Gasteiger partial charge on any atom is -0.355 e. The highest BCUT2D eigenvalue weighted by atomic mass is 15.3. The summed E-state index contributed by atoms with van der Waals surface area (Å²) < 4.78 is 1.98. The summed E-state index contributed by atoms with van der Waals surface area (Å²) in [5.41, 5.74) is 9.43. The van der Waals surface area contributed by atoms with E-state index in [-0.39, 0.29) is 0 Å². The van der Waals surface area contributed by atoms with Crippen molar-refractivity contribution in [3.8, 4) is 39.3 Å². The predicted octanol–water partition coefficient (Wildman–Crippen LogP) is 9.17. The highest BCUT2D eigenvalue weighted by Gasteiger charge is 2.10. The van der Waals surface area contributed by atoms with Crippen molar-refractivity contribution in [2.45, 2.75) is 0 Å². The van der Waals surface area contributed by atoms with Crippen LogP contribution in [-0.4, -0.2) is 14.8 Å². The minimum atomic E-state index is 0.936. The number of fused-ring (bicyclic) bond motifs is 1. The number of rotatable bonds is 6. The molecule has 0 atom stereocenters. The van der Waals surface area contributed by atoms with Gasteiger partial charge in [0.1, 0.15) is 0 Å². The first kappa shape index (κ1) is 23.6. The number of benzene rings is 5. The van der Waals surface area contributed by atoms with Crippen LogP contribution in [0.25, 0.3) is 50.1 Å². The molecule has 190 valence electrons. The van der Waals surface area contributed by atoms with Crippen LogP contribution >= 0.6 is 0 Å². The number of pyridine rings is 1. The molecule has 7 rings (SSSR count). The van der Waals surface area contributed by atoms with Crippen LogP contribution in [0.1, 0.15) is 0 Å². The summed E-state index contributed by atoms with van der Waals surface area (Å²) in [6.45, 7) is 0. The third-order valence-corrected chi connectivity index (χ3v) is 7.07. The van der Waals surface area contributed by atoms with Gasteiger partial charge in [-0.3, -0.25) is 4.98 Å². The van der Waals surface area contributed by atoms with Gasteiger partial charge in [-0.15, -0.1) is 0 Å². The molecule has 0 aliphatic carbocycles. The van der Waals surface area contributed by atoms with Gasteiger partial charge >= 0.3 is 0 Å². The fraction of sp³-hybridized carbons (Fsp3) is 0. The molecule has 2 aromatic heterocycles. The normalized spacial score (nSPS) is 11.0. The van der Waals surface area contributed by atoms with E-state index in [9.17, 15) is 0 Å². The van der Waals surface area contributed by atoms with E-state index in [1.807, 2.05) is 59.5 Å². The molecule has 0 amide bonds. The Bertz CT molecular complexity index is 1920. The Morgan fingerprint density at radius 1 is 0.475 bits per heavy atom. The fourth-order valence-corrected chi connectivity index (χ4v) is 5.14. The van der Waals surface area contributed by atoms with Gasteiger partial charge in [0.05, 0.1) is 23.3 Å². The monoisotopic (exact) mass is 514 g/mol. The van der Waals surface area contributed by atoms with E-state index in [1.54, 1.807) is 0 Å². The molecule has 0 spiro atoms. The second kappa shape index (κ2) is 10.4. The highest BCUT2D eigenvalue weighted by Crippen LogP contribution is 2.33. The summed E-state index contributed by atoms with van der Waals surface area (Å²) in [5, 5.41) is 10.7. The fourth-order valence-electron chi connectivity index (χ4n) is 5.14. The van der Waals surface area contributed by atoms with Gasteiger partial charge < -0.3 is 5.32 Å². The van der Waals surface area contributed by atoms with Gasteiger partial charge in [0, 0.05) is 28.7 Å². The lowest BCUT2D eigenvalue weighted by Gasteiger charge is -2.14. The molecule has 0 saturated carbocycles. The predicted molar refractivity (Wildman–Crippen MR) is 165 cm³/mol. The van der Waals surface area contributed by atoms with Gasteiger partial charge in [0.25, 0.3) is 0 Å². The molecule has 4 heteroatoms. The van der Waals surface area contributed by atoms with Crippen molar-refractivity contribution in [3.05, 3.63) is 152 Å². The second-order valence-corrected chi connectivity index (χ2v) is 9.75. The molecule has 7 aromatic rings. The van der Waals surface area contributed by atoms with Crippen molar-refractivity contribution in [1.82, 2.24) is 14.8 Å². The molecule has 0 bridgehead atoms. The standard InChI is InChI=1S/C36H26N4/c1-2-10-27(11-3-1)36-18-20-38-40(36)34-14-8-13-32(25-34)39-33-23-30(22-31(24-33)35-15-6-7-19-37-35)29-17-16-26-9-4-5-12-28(26)21-29/h1-25,39H. The molecule has 5 aromatic carbocycles. The van der Waals surface area contributed by atoms with Gasteiger partial charge in [-0.2, -0.15) is 5.10 Å². The minimum absolute atomic E-state index is 0.936. The third kappa shape index (κ3) is 4.74. The third-order valence-electron chi connectivity index (χ3n) is 7.07. The Hall–Kier alpha value is -5.48. The average Bonchev–Trinajstić information content (AvgIpc) is 3.52. The maximum atomic E-state index is 4.63. The molecule has 4 nitrogen and oxygen atoms in total. The van der Waals surface area contributed by atoms with Crippen LogP contribution in [0.5, 0.6) is 0 Å². The smallest absolute Gasteiger partial charge is 0.0740 e. The Morgan fingerprint density at radius 3 is 2.17 bits per heavy atom. The summed E-state index contributed by atoms with van der Waals surface area (Å²) in [4.78, 5) is 4.63. The van der Waals surface area contributed by atoms with Gasteiger partial charge in [-0.1, -0.05) is 78.9 Å². The number of hydrogen-bond acceptors (Lipinski definition) is 3. The molecule has 0 unspecified atom stereocenters. The van der Waals surface area contributed by atoms with Gasteiger partial charge in [-0.25, -0.2) is 4.68 Å². The van der Waals surface area contributed by atoms with Crippen LogP contribution in [-0.2, 0) is 0 Å². The number of nitrogens with one attached hydrogen (secondary N) is 1. The molecule has 40 heavy (non-hydrogen) atoms. The van der Waals surface area contributed by atoms with Crippen molar-refractivity contribution in [3.63, 3.8) is 0 Å². The van der Waals surface area contributed by atoms with E-state index in [0.717, 1.165) is 50.7 Å². The molecule has 0 saturated heterocycles. The lowest BCUT2D eigenvalue weighted by atomic mass is 9.98. The summed E-state index contributed by atoms with van der Waals surface area (Å²) in [6, 6.07) is 48.4. The number of nitrogens with zero attached hydrogens (tertiary/aromatic N) is 3. The Balaban J connectivity index is 1.28. The van der Waals surface area contributed by atoms with Crippen molar-refractivity contribution in [2.24, 2.45) is 0 Å². The van der Waals surface area contributed by atoms with Crippen LogP contribution in [0.4, 0.5) is 11.4 Å². The lowest BCUT2D eigenvalue weighted by Crippen LogP contribution is -2.00. The molecule has 2 heterocycles. The molecule has 0 radical (unpaired) electrons. The first-order valence-corrected chi connectivity index (χ1v) is 13.3. The van der Waals surface area contributed by atoms with E-state index in [1.165, 1.54) is 10.8 Å². The van der Waals surface area contributed by atoms with Crippen LogP contribution < -0.4 is 5.32 Å². The molecule has 1 N–H and O–H groups in total. The van der Waals surface area contributed by atoms with Crippen LogP contribution in [0, 0.1) is 0 Å². The van der Waals surface area contributed by atoms with Crippen molar-refractivity contribution in [1.29, 1.82) is 0 Å². The summed E-state index contributed by atoms with van der Waals surface area (Å²) >= 11 is 0. The Morgan fingerprint density at radius 2 is 1.30 bits per heavy atom. The van der Waals surface area contributed by atoms with E-state index in [0.29, 0.717) is 0 Å². The molecule has 0 aliphatic rings. The van der Waals surface area contributed by atoms with Crippen LogP contribution in [0.3, 0.4) is 0 Å². The zero-order chi connectivity index (χ0) is 26.7. The molecular weight excluding hydrogens is 488 g/mol. The highest BCUT2D eigenvalue weighted by molar-refractivity contribution is 5.89. The second-order valence-electron chi connectivity index (χ2n) is 9.75. The Kier molecular flexibility index (Phi) is 6.11. The maximum Gasteiger partial charge on any atom is 0.0740 e. The van der Waals surface area contributed by atoms with Crippen molar-refractivity contribution in [2.75, 3.05) is 5.32 Å². The Labute approximate surface area is 233 Å². The molecule has 0 fully saturated rings. The summed E-state index contributed by atoms with van der Waals surface area (Å²) in [7, 11) is 0. The summed E-state index contributed by atoms with van der Waals surface area (Å²) in [5.74, 6) is 0. The number of hydrogen-bond donors (Lipinski definition) is 1. The summed E-state index contributed by atoms with van der Waals surface area (Å²) in [6.07, 6.45) is 3.68. The SMILES string of the molecule is c1ccc(-c2ccnn2-c2cccc(Nc3cc(-c4ccc5ccccc5c4)cc(-c4ccccn4)c3)c2)cc1. The van der Waals surface area contributed by atoms with E-state index < -0.39 is 0 Å². The zero-order valence-electron chi connectivity index (χ0n) is 21.8. The average molecular weight is 515 g/mol. The number of aromatic nitrogens is 3. The van der Waals surface area contributed by atoms with Crippen molar-refractivity contribution >= 4 is 22.1 Å². The molecular formula is C36H26N4. The van der Waals surface area contributed by atoms with Gasteiger partial charge in [-0.05, 0) is 82.6 Å². The molecule has 0 aliphatic heterocycles. The largest absolute Gasteiger partial charge is 0.355 e. The first-order chi connectivity index (χ1) is 19.8. The van der Waals surface area contributed by atoms with E-state index >= 15 is 0 Å². The quantitative estimate of drug-likeness (QED) is 0.241. The van der Waals surface area contributed by atoms with Gasteiger partial charge in [0.2, 0.25) is 0 Å². The topological polar surface area (TPSA) is 42.7 Å². The lowest BCUT2D eigenvalue weighted by molar-refractivity contribution is 0.888. The van der Waals surface area contributed by atoms with Crippen LogP contribution in [0.15, 0.2) is 152 Å². The maximum absolute atomic E-state index is 4.63. The van der Waals surface area contributed by atoms with Crippen LogP contribution in [0.2, 0.25) is 0 Å². The van der Waals surface area contributed by atoms with Crippen molar-refractivity contribution < 1.29 is 0 Å². The van der Waals surface area contributed by atoms with E-state index in [4.69, 9.17) is 0 Å². The van der Waals surface area contributed by atoms with Gasteiger partial charge in [0.15, 0.2) is 0 Å². The number of anilines is 2. The van der Waals surface area contributed by atoms with E-state index in [2.05, 4.69) is 112 Å². The first-order valence-electron chi connectivity index (χ1n) is 13.3. The zero-order valence-corrected chi connectivity index (χ0v) is 21.8.